The predicted octanol–water partition coefficient (Wildman–Crippen LogP) is -12.4. The van der Waals surface area contributed by atoms with Crippen LogP contribution in [0.5, 0.6) is 0 Å². The normalized spacial score (nSPS) is 0. The molecule has 0 unspecified atom stereocenters. The molecule has 0 rings (SSSR count). The summed E-state index contributed by atoms with van der Waals surface area (Å²) in [4.78, 5) is 0. The van der Waals surface area contributed by atoms with Gasteiger partial charge >= 0.3 is 75.4 Å². The van der Waals surface area contributed by atoms with Gasteiger partial charge in [0.15, 0.2) is 0 Å². The molecule has 0 N–H and O–H groups in total. The maximum atomic E-state index is 0. The minimum Gasteiger partial charge on any atom is -1.00 e. The summed E-state index contributed by atoms with van der Waals surface area (Å²) in [6, 6.07) is 0. The molecule has 0 spiro atoms. The summed E-state index contributed by atoms with van der Waals surface area (Å²) in [5.74, 6) is 0. The topological polar surface area (TPSA) is 0 Å². The molecular weight excluding hydrogens is 55.8 g/mol. The van der Waals surface area contributed by atoms with Crippen LogP contribution in [-0.4, -0.2) is 11.0 Å². The molecule has 5 valence electrons. The van der Waals surface area contributed by atoms with Crippen molar-refractivity contribution in [3.8, 4) is 0 Å². The van der Waals surface area contributed by atoms with E-state index in [1.54, 1.807) is 0 Å². The third-order valence-corrected chi connectivity index (χ3v) is 0. The number of rotatable bonds is 0. The third-order valence-electron chi connectivity index (χ3n) is 0. The maximum Gasteiger partial charge on any atom is 1.00 e. The largest absolute Gasteiger partial charge is 1.00 e. The molecule has 0 fully saturated rings. The molecule has 0 amide bonds. The minimum atomic E-state index is 0. The van der Waals surface area contributed by atoms with Gasteiger partial charge in [0.1, 0.15) is 0 Å². The predicted molar refractivity (Wildman–Crippen MR) is 5.75 cm³/mol. The zero-order valence-electron chi connectivity index (χ0n) is 4.50. The zero-order valence-corrected chi connectivity index (χ0v) is 5.50. The van der Waals surface area contributed by atoms with Crippen LogP contribution in [-0.2, 0) is 0 Å². The third kappa shape index (κ3) is 20.6. The molecule has 0 saturated carbocycles. The van der Waals surface area contributed by atoms with Gasteiger partial charge in [-0.3, -0.25) is 0 Å². The van der Waals surface area contributed by atoms with Gasteiger partial charge in [-0.05, 0) is 0 Å². The fourth-order valence-corrected chi connectivity index (χ4v) is 0. The second-order valence-electron chi connectivity index (χ2n) is 0. The molecule has 0 bridgehead atoms. The van der Waals surface area contributed by atoms with Crippen molar-refractivity contribution in [2.75, 3.05) is 0 Å². The van der Waals surface area contributed by atoms with E-state index < -0.39 is 0 Å². The standard InChI is InChI=1S/4Li.Si/q4*+1;-1. The molecule has 0 aliphatic carbocycles. The smallest absolute Gasteiger partial charge is 1.00 e. The summed E-state index contributed by atoms with van der Waals surface area (Å²) >= 11 is 0. The molecule has 0 aromatic heterocycles. The summed E-state index contributed by atoms with van der Waals surface area (Å²) in [6.45, 7) is 0. The van der Waals surface area contributed by atoms with Gasteiger partial charge in [-0.2, -0.15) is 0 Å². The quantitative estimate of drug-likeness (QED) is 0.242. The van der Waals surface area contributed by atoms with E-state index in [4.69, 9.17) is 0 Å². The maximum absolute atomic E-state index is 0. The molecule has 5 heavy (non-hydrogen) atoms. The zero-order chi connectivity index (χ0) is 0. The number of hydrogen-bond acceptors (Lipinski definition) is 0. The first-order chi connectivity index (χ1) is 0. The van der Waals surface area contributed by atoms with E-state index in [1.807, 2.05) is 0 Å². The van der Waals surface area contributed by atoms with E-state index in [0.717, 1.165) is 0 Å². The van der Waals surface area contributed by atoms with Crippen molar-refractivity contribution < 1.29 is 75.4 Å². The Balaban J connectivity index is 0. The van der Waals surface area contributed by atoms with Crippen molar-refractivity contribution in [1.29, 1.82) is 0 Å². The average Bonchev–Trinajstić information content (AvgIpc) is 0. The minimum absolute atomic E-state index is 0. The van der Waals surface area contributed by atoms with Gasteiger partial charge in [0.25, 0.3) is 0 Å². The van der Waals surface area contributed by atoms with Crippen molar-refractivity contribution in [3.05, 3.63) is 0 Å². The Hall–Kier alpha value is 2.61. The first kappa shape index (κ1) is 48.9. The van der Waals surface area contributed by atoms with Crippen LogP contribution in [0.4, 0.5) is 0 Å². The molecule has 0 aliphatic heterocycles. The van der Waals surface area contributed by atoms with Crippen molar-refractivity contribution in [1.82, 2.24) is 0 Å². The first-order valence-electron chi connectivity index (χ1n) is 0. The Kier molecular flexibility index (Phi) is 299. The van der Waals surface area contributed by atoms with Crippen molar-refractivity contribution >= 4 is 11.0 Å². The molecule has 5 heteroatoms. The van der Waals surface area contributed by atoms with Crippen molar-refractivity contribution in [2.24, 2.45) is 0 Å². The summed E-state index contributed by atoms with van der Waals surface area (Å²) in [6.07, 6.45) is 0. The molecule has 0 heterocycles. The van der Waals surface area contributed by atoms with Crippen LogP contribution in [0.15, 0.2) is 0 Å². The van der Waals surface area contributed by atoms with Crippen LogP contribution < -0.4 is 75.4 Å². The Morgan fingerprint density at radius 2 is 0.400 bits per heavy atom. The van der Waals surface area contributed by atoms with Gasteiger partial charge in [0, 0.05) is 0 Å². The molecule has 0 nitrogen and oxygen atoms in total. The molecular formula is Li4Si+3. The van der Waals surface area contributed by atoms with E-state index in [1.165, 1.54) is 0 Å². The van der Waals surface area contributed by atoms with Crippen LogP contribution >= 0.6 is 0 Å². The summed E-state index contributed by atoms with van der Waals surface area (Å²) < 4.78 is 0. The second kappa shape index (κ2) is 30.6. The monoisotopic (exact) mass is 56.0 g/mol. The molecule has 0 aromatic rings. The Morgan fingerprint density at radius 3 is 0.400 bits per heavy atom. The Morgan fingerprint density at radius 1 is 0.400 bits per heavy atom. The molecule has 0 aliphatic rings. The Bertz CT molecular complexity index is 3.61. The fourth-order valence-electron chi connectivity index (χ4n) is 0. The van der Waals surface area contributed by atoms with E-state index >= 15 is 0 Å². The summed E-state index contributed by atoms with van der Waals surface area (Å²) in [5, 5.41) is 0. The van der Waals surface area contributed by atoms with E-state index in [2.05, 4.69) is 0 Å². The van der Waals surface area contributed by atoms with Crippen LogP contribution in [0.3, 0.4) is 0 Å². The van der Waals surface area contributed by atoms with Gasteiger partial charge in [0.2, 0.25) is 0 Å². The van der Waals surface area contributed by atoms with Gasteiger partial charge in [-0.15, -0.1) is 0 Å². The molecule has 0 atom stereocenters. The van der Waals surface area contributed by atoms with Crippen LogP contribution in [0.25, 0.3) is 0 Å². The molecule has 0 saturated heterocycles. The summed E-state index contributed by atoms with van der Waals surface area (Å²) in [7, 11) is 0. The van der Waals surface area contributed by atoms with Crippen molar-refractivity contribution in [3.63, 3.8) is 0 Å². The van der Waals surface area contributed by atoms with Gasteiger partial charge in [0.05, 0.1) is 0 Å². The molecule has 3 radical (unpaired) electrons. The van der Waals surface area contributed by atoms with Crippen LogP contribution in [0.1, 0.15) is 0 Å². The van der Waals surface area contributed by atoms with Gasteiger partial charge in [-0.25, -0.2) is 0 Å². The van der Waals surface area contributed by atoms with Gasteiger partial charge < -0.3 is 11.0 Å². The average molecular weight is 55.8 g/mol. The van der Waals surface area contributed by atoms with E-state index in [9.17, 15) is 0 Å². The first-order valence-corrected chi connectivity index (χ1v) is 0. The fraction of sp³-hybridized carbons (Fsp3) is 0. The van der Waals surface area contributed by atoms with Crippen LogP contribution in [0.2, 0.25) is 0 Å². The van der Waals surface area contributed by atoms with Crippen molar-refractivity contribution in [2.45, 2.75) is 0 Å². The summed E-state index contributed by atoms with van der Waals surface area (Å²) in [5.41, 5.74) is 0. The van der Waals surface area contributed by atoms with Crippen LogP contribution in [0, 0.1) is 0 Å². The number of hydrogen-bond donors (Lipinski definition) is 0. The Labute approximate surface area is 85.3 Å². The SMILES string of the molecule is [Li+].[Li+].[Li+].[Li+].[Si-]. The molecule has 0 aromatic carbocycles. The second-order valence-corrected chi connectivity index (χ2v) is 0. The van der Waals surface area contributed by atoms with E-state index in [0.29, 0.717) is 0 Å². The van der Waals surface area contributed by atoms with E-state index in [-0.39, 0.29) is 86.4 Å². The van der Waals surface area contributed by atoms with Gasteiger partial charge in [-0.1, -0.05) is 0 Å².